The normalized spacial score (nSPS) is 10.2. The molecule has 0 aliphatic carbocycles. The van der Waals surface area contributed by atoms with Crippen molar-refractivity contribution >= 4 is 23.2 Å². The van der Waals surface area contributed by atoms with Crippen molar-refractivity contribution in [2.75, 3.05) is 17.7 Å². The van der Waals surface area contributed by atoms with Crippen LogP contribution in [0, 0.1) is 11.6 Å². The molecule has 0 spiro atoms. The van der Waals surface area contributed by atoms with Gasteiger partial charge in [0.15, 0.2) is 0 Å². The summed E-state index contributed by atoms with van der Waals surface area (Å²) >= 11 is 0. The fraction of sp³-hybridized carbons (Fsp3) is 0.0500. The highest BCUT2D eigenvalue weighted by atomic mass is 19.1. The number of anilines is 2. The minimum absolute atomic E-state index is 0.0269. The van der Waals surface area contributed by atoms with Crippen molar-refractivity contribution in [3.05, 3.63) is 83.7 Å². The van der Waals surface area contributed by atoms with Gasteiger partial charge in [-0.2, -0.15) is 0 Å². The highest BCUT2D eigenvalue weighted by Gasteiger charge is 2.16. The molecule has 0 radical (unpaired) electrons. The predicted molar refractivity (Wildman–Crippen MR) is 99.5 cm³/mol. The third-order valence-corrected chi connectivity index (χ3v) is 3.79. The number of nitrogens with zero attached hydrogens (tertiary/aromatic N) is 1. The minimum Gasteiger partial charge on any atom is -0.497 e. The van der Waals surface area contributed by atoms with E-state index in [2.05, 4.69) is 15.6 Å². The summed E-state index contributed by atoms with van der Waals surface area (Å²) in [6, 6.07) is 11.2. The van der Waals surface area contributed by atoms with Gasteiger partial charge in [-0.3, -0.25) is 14.6 Å². The smallest absolute Gasteiger partial charge is 0.257 e. The van der Waals surface area contributed by atoms with Crippen molar-refractivity contribution in [1.29, 1.82) is 0 Å². The van der Waals surface area contributed by atoms with Gasteiger partial charge in [0.1, 0.15) is 23.1 Å². The second-order valence-electron chi connectivity index (χ2n) is 5.70. The summed E-state index contributed by atoms with van der Waals surface area (Å²) in [5.74, 6) is -2.56. The third-order valence-electron chi connectivity index (χ3n) is 3.79. The molecule has 2 N–H and O–H groups in total. The van der Waals surface area contributed by atoms with Crippen molar-refractivity contribution < 1.29 is 23.1 Å². The van der Waals surface area contributed by atoms with E-state index < -0.39 is 29.1 Å². The lowest BCUT2D eigenvalue weighted by Crippen LogP contribution is -2.17. The predicted octanol–water partition coefficient (Wildman–Crippen LogP) is 3.87. The lowest BCUT2D eigenvalue weighted by molar-refractivity contribution is 0.102. The van der Waals surface area contributed by atoms with Gasteiger partial charge in [0, 0.05) is 24.1 Å². The second-order valence-corrected chi connectivity index (χ2v) is 5.70. The molecule has 0 aliphatic heterocycles. The molecule has 0 aliphatic rings. The van der Waals surface area contributed by atoms with E-state index in [1.165, 1.54) is 31.6 Å². The number of carbonyl (C=O) groups excluding carboxylic acids is 2. The first-order valence-corrected chi connectivity index (χ1v) is 8.14. The first-order chi connectivity index (χ1) is 13.5. The lowest BCUT2D eigenvalue weighted by Gasteiger charge is -2.09. The second kappa shape index (κ2) is 8.26. The van der Waals surface area contributed by atoms with Gasteiger partial charge in [-0.15, -0.1) is 0 Å². The molecular formula is C20H15F2N3O3. The van der Waals surface area contributed by atoms with E-state index in [1.54, 1.807) is 24.3 Å². The minimum atomic E-state index is -0.909. The molecule has 3 rings (SSSR count). The summed E-state index contributed by atoms with van der Waals surface area (Å²) in [4.78, 5) is 28.6. The van der Waals surface area contributed by atoms with Crippen LogP contribution in [0.25, 0.3) is 0 Å². The number of hydrogen-bond donors (Lipinski definition) is 2. The summed E-state index contributed by atoms with van der Waals surface area (Å²) < 4.78 is 32.5. The summed E-state index contributed by atoms with van der Waals surface area (Å²) in [6.45, 7) is 0. The van der Waals surface area contributed by atoms with E-state index in [0.29, 0.717) is 11.4 Å². The molecule has 6 nitrogen and oxygen atoms in total. The number of ether oxygens (including phenoxy) is 1. The van der Waals surface area contributed by atoms with E-state index in [9.17, 15) is 18.4 Å². The molecule has 1 aromatic heterocycles. The Bertz CT molecular complexity index is 1020. The molecule has 0 saturated carbocycles. The van der Waals surface area contributed by atoms with Crippen LogP contribution in [0.15, 0.2) is 60.9 Å². The van der Waals surface area contributed by atoms with Gasteiger partial charge in [-0.05, 0) is 30.3 Å². The number of amides is 2. The maximum Gasteiger partial charge on any atom is 0.257 e. The van der Waals surface area contributed by atoms with Gasteiger partial charge >= 0.3 is 0 Å². The average Bonchev–Trinajstić information content (AvgIpc) is 2.71. The number of benzene rings is 2. The van der Waals surface area contributed by atoms with E-state index in [0.717, 1.165) is 12.1 Å². The molecule has 0 saturated heterocycles. The number of para-hydroxylation sites is 1. The standard InChI is InChI=1S/C20H15F2N3O3/c1-28-15-5-2-4-14(9-15)24-19(26)12-8-13(11-23-10-12)20(27)25-18-16(21)6-3-7-17(18)22/h2-11H,1H3,(H,24,26)(H,25,27). The number of rotatable bonds is 5. The molecule has 1 heterocycles. The highest BCUT2D eigenvalue weighted by Crippen LogP contribution is 2.20. The Morgan fingerprint density at radius 1 is 0.893 bits per heavy atom. The Labute approximate surface area is 159 Å². The zero-order valence-electron chi connectivity index (χ0n) is 14.7. The number of aromatic nitrogens is 1. The molecule has 8 heteroatoms. The Morgan fingerprint density at radius 2 is 1.50 bits per heavy atom. The molecule has 2 aromatic carbocycles. The van der Waals surface area contributed by atoms with E-state index in [4.69, 9.17) is 4.74 Å². The van der Waals surface area contributed by atoms with Crippen LogP contribution in [0.1, 0.15) is 20.7 Å². The topological polar surface area (TPSA) is 80.3 Å². The number of pyridine rings is 1. The Kier molecular flexibility index (Phi) is 5.59. The van der Waals surface area contributed by atoms with E-state index in [-0.39, 0.29) is 11.1 Å². The van der Waals surface area contributed by atoms with Crippen molar-refractivity contribution in [1.82, 2.24) is 4.98 Å². The summed E-state index contributed by atoms with van der Waals surface area (Å²) in [6.07, 6.45) is 2.46. The SMILES string of the molecule is COc1cccc(NC(=O)c2cncc(C(=O)Nc3c(F)cccc3F)c2)c1. The molecule has 3 aromatic rings. The fourth-order valence-corrected chi connectivity index (χ4v) is 2.40. The molecule has 28 heavy (non-hydrogen) atoms. The molecule has 0 unspecified atom stereocenters. The number of hydrogen-bond acceptors (Lipinski definition) is 4. The molecule has 0 atom stereocenters. The molecule has 0 fully saturated rings. The van der Waals surface area contributed by atoms with E-state index >= 15 is 0 Å². The molecule has 142 valence electrons. The van der Waals surface area contributed by atoms with Crippen LogP contribution >= 0.6 is 0 Å². The van der Waals surface area contributed by atoms with Gasteiger partial charge < -0.3 is 15.4 Å². The first-order valence-electron chi connectivity index (χ1n) is 8.14. The maximum atomic E-state index is 13.7. The van der Waals surface area contributed by atoms with Gasteiger partial charge in [0.25, 0.3) is 11.8 Å². The number of methoxy groups -OCH3 is 1. The van der Waals surface area contributed by atoms with Gasteiger partial charge in [0.05, 0.1) is 18.2 Å². The van der Waals surface area contributed by atoms with Crippen molar-refractivity contribution in [3.63, 3.8) is 0 Å². The van der Waals surface area contributed by atoms with Crippen molar-refractivity contribution in [2.45, 2.75) is 0 Å². The van der Waals surface area contributed by atoms with Gasteiger partial charge in [-0.1, -0.05) is 12.1 Å². The van der Waals surface area contributed by atoms with Crippen molar-refractivity contribution in [2.24, 2.45) is 0 Å². The quantitative estimate of drug-likeness (QED) is 0.701. The van der Waals surface area contributed by atoms with Crippen molar-refractivity contribution in [3.8, 4) is 5.75 Å². The Balaban J connectivity index is 1.77. The van der Waals surface area contributed by atoms with Crippen LogP contribution in [-0.2, 0) is 0 Å². The summed E-state index contributed by atoms with van der Waals surface area (Å²) in [5, 5.41) is 4.80. The first kappa shape index (κ1) is 19.0. The number of nitrogens with one attached hydrogen (secondary N) is 2. The number of carbonyl (C=O) groups is 2. The lowest BCUT2D eigenvalue weighted by atomic mass is 10.1. The van der Waals surface area contributed by atoms with Crippen LogP contribution in [0.2, 0.25) is 0 Å². The molecule has 2 amide bonds. The largest absolute Gasteiger partial charge is 0.497 e. The van der Waals surface area contributed by atoms with Gasteiger partial charge in [-0.25, -0.2) is 8.78 Å². The van der Waals surface area contributed by atoms with Crippen LogP contribution in [-0.4, -0.2) is 23.9 Å². The average molecular weight is 383 g/mol. The highest BCUT2D eigenvalue weighted by molar-refractivity contribution is 6.08. The molecule has 0 bridgehead atoms. The molecular weight excluding hydrogens is 368 g/mol. The Morgan fingerprint density at radius 3 is 2.14 bits per heavy atom. The summed E-state index contributed by atoms with van der Waals surface area (Å²) in [5.41, 5.74) is -0.00297. The van der Waals surface area contributed by atoms with Crippen LogP contribution in [0.5, 0.6) is 5.75 Å². The number of halogens is 2. The van der Waals surface area contributed by atoms with E-state index in [1.807, 2.05) is 0 Å². The van der Waals surface area contributed by atoms with Crippen LogP contribution < -0.4 is 15.4 Å². The zero-order chi connectivity index (χ0) is 20.1. The zero-order valence-corrected chi connectivity index (χ0v) is 14.7. The van der Waals surface area contributed by atoms with Gasteiger partial charge in [0.2, 0.25) is 0 Å². The third kappa shape index (κ3) is 4.29. The van der Waals surface area contributed by atoms with Crippen LogP contribution in [0.3, 0.4) is 0 Å². The summed E-state index contributed by atoms with van der Waals surface area (Å²) in [7, 11) is 1.51. The maximum absolute atomic E-state index is 13.7. The van der Waals surface area contributed by atoms with Crippen LogP contribution in [0.4, 0.5) is 20.2 Å². The monoisotopic (exact) mass is 383 g/mol. The Hall–Kier alpha value is -3.81. The fourth-order valence-electron chi connectivity index (χ4n) is 2.40.